The number of fused-ring (bicyclic) bond motifs is 3. The summed E-state index contributed by atoms with van der Waals surface area (Å²) >= 11 is 0. The lowest BCUT2D eigenvalue weighted by Crippen LogP contribution is -1.91. The van der Waals surface area contributed by atoms with E-state index < -0.39 is 0 Å². The monoisotopic (exact) mass is 554 g/mol. The summed E-state index contributed by atoms with van der Waals surface area (Å²) in [6.07, 6.45) is 0. The van der Waals surface area contributed by atoms with Crippen molar-refractivity contribution in [3.63, 3.8) is 0 Å². The summed E-state index contributed by atoms with van der Waals surface area (Å²) < 4.78 is 0. The standard InChI is InChI=1S/C44H26/c1-2-8-27(9-3-1)32-22-20-31(33-21-18-30-17-16-28-10-6-11-29-19-23-39(33)43(30)42(28)29)26-41(32)36-24-25-40-35-13-5-4-12-34(35)37-14-7-15-38(36)44(37)40/h1-26H. The Morgan fingerprint density at radius 2 is 0.795 bits per heavy atom. The van der Waals surface area contributed by atoms with Crippen molar-refractivity contribution in [1.29, 1.82) is 0 Å². The minimum absolute atomic E-state index is 1.23. The highest BCUT2D eigenvalue weighted by atomic mass is 14.3. The molecular weight excluding hydrogens is 528 g/mol. The average Bonchev–Trinajstić information content (AvgIpc) is 3.42. The lowest BCUT2D eigenvalue weighted by molar-refractivity contribution is 1.59. The van der Waals surface area contributed by atoms with Crippen LogP contribution >= 0.6 is 0 Å². The van der Waals surface area contributed by atoms with Crippen molar-refractivity contribution >= 4 is 43.1 Å². The van der Waals surface area contributed by atoms with Gasteiger partial charge >= 0.3 is 0 Å². The Kier molecular flexibility index (Phi) is 4.81. The van der Waals surface area contributed by atoms with Gasteiger partial charge in [0.1, 0.15) is 0 Å². The largest absolute Gasteiger partial charge is 0.0622 e. The highest BCUT2D eigenvalue weighted by Gasteiger charge is 2.23. The third kappa shape index (κ3) is 3.23. The van der Waals surface area contributed by atoms with Crippen LogP contribution < -0.4 is 0 Å². The predicted octanol–water partition coefficient (Wildman–Crippen LogP) is 12.4. The predicted molar refractivity (Wildman–Crippen MR) is 188 cm³/mol. The molecule has 0 unspecified atom stereocenters. The van der Waals surface area contributed by atoms with E-state index >= 15 is 0 Å². The summed E-state index contributed by atoms with van der Waals surface area (Å²) in [5.74, 6) is 0. The molecule has 0 radical (unpaired) electrons. The molecule has 0 aliphatic heterocycles. The van der Waals surface area contributed by atoms with Crippen LogP contribution in [0.3, 0.4) is 0 Å². The van der Waals surface area contributed by atoms with Gasteiger partial charge in [-0.25, -0.2) is 0 Å². The maximum absolute atomic E-state index is 2.43. The van der Waals surface area contributed by atoms with Crippen LogP contribution in [-0.2, 0) is 0 Å². The van der Waals surface area contributed by atoms with Crippen LogP contribution in [0.25, 0.3) is 98.7 Å². The normalized spacial score (nSPS) is 12.1. The second kappa shape index (κ2) is 8.89. The summed E-state index contributed by atoms with van der Waals surface area (Å²) in [4.78, 5) is 0. The van der Waals surface area contributed by atoms with E-state index in [1.807, 2.05) is 0 Å². The molecule has 1 aliphatic carbocycles. The molecule has 0 N–H and O–H groups in total. The molecule has 9 aromatic carbocycles. The van der Waals surface area contributed by atoms with Crippen molar-refractivity contribution in [3.8, 4) is 55.6 Å². The van der Waals surface area contributed by atoms with Crippen molar-refractivity contribution in [2.75, 3.05) is 0 Å². The maximum atomic E-state index is 2.43. The summed E-state index contributed by atoms with van der Waals surface area (Å²) in [7, 11) is 0. The number of benzene rings is 9. The molecule has 0 aromatic heterocycles. The first-order valence-electron chi connectivity index (χ1n) is 15.4. The van der Waals surface area contributed by atoms with Crippen LogP contribution in [0.15, 0.2) is 158 Å². The third-order valence-electron chi connectivity index (χ3n) is 9.78. The zero-order chi connectivity index (χ0) is 28.8. The molecule has 0 fully saturated rings. The van der Waals surface area contributed by atoms with Gasteiger partial charge in [-0.15, -0.1) is 0 Å². The fraction of sp³-hybridized carbons (Fsp3) is 0. The van der Waals surface area contributed by atoms with Gasteiger partial charge in [0, 0.05) is 0 Å². The first-order chi connectivity index (χ1) is 21.8. The SMILES string of the molecule is c1ccc(-c2ccc(-c3ccc4ccc5cccc6ccc3c4c56)cc2-c2ccc3c4c(cccc24)-c2ccccc2-3)cc1. The van der Waals surface area contributed by atoms with E-state index in [-0.39, 0.29) is 0 Å². The lowest BCUT2D eigenvalue weighted by atomic mass is 9.86. The third-order valence-corrected chi connectivity index (χ3v) is 9.78. The molecule has 44 heavy (non-hydrogen) atoms. The Hall–Kier alpha value is -5.72. The van der Waals surface area contributed by atoms with E-state index in [9.17, 15) is 0 Å². The number of rotatable bonds is 3. The maximum Gasteiger partial charge on any atom is -0.00201 e. The van der Waals surface area contributed by atoms with Gasteiger partial charge in [0.2, 0.25) is 0 Å². The first kappa shape index (κ1) is 23.8. The van der Waals surface area contributed by atoms with Gasteiger partial charge in [-0.1, -0.05) is 152 Å². The fourth-order valence-electron chi connectivity index (χ4n) is 7.83. The van der Waals surface area contributed by atoms with Gasteiger partial charge in [-0.05, 0) is 105 Å². The second-order valence-electron chi connectivity index (χ2n) is 12.0. The van der Waals surface area contributed by atoms with E-state index in [1.165, 1.54) is 98.7 Å². The molecule has 0 spiro atoms. The fourth-order valence-corrected chi connectivity index (χ4v) is 7.83. The van der Waals surface area contributed by atoms with Gasteiger partial charge in [0.05, 0.1) is 0 Å². The molecule has 0 atom stereocenters. The van der Waals surface area contributed by atoms with E-state index in [4.69, 9.17) is 0 Å². The highest BCUT2D eigenvalue weighted by molar-refractivity contribution is 6.25. The molecule has 0 saturated heterocycles. The lowest BCUT2D eigenvalue weighted by Gasteiger charge is -2.18. The van der Waals surface area contributed by atoms with Crippen LogP contribution in [0.4, 0.5) is 0 Å². The smallest absolute Gasteiger partial charge is 0.00201 e. The Balaban J connectivity index is 1.27. The van der Waals surface area contributed by atoms with E-state index in [0.29, 0.717) is 0 Å². The van der Waals surface area contributed by atoms with Crippen LogP contribution in [0.2, 0.25) is 0 Å². The summed E-state index contributed by atoms with van der Waals surface area (Å²) in [6, 6.07) is 58.6. The molecule has 9 aromatic rings. The Morgan fingerprint density at radius 3 is 1.61 bits per heavy atom. The van der Waals surface area contributed by atoms with Crippen LogP contribution in [-0.4, -0.2) is 0 Å². The zero-order valence-corrected chi connectivity index (χ0v) is 24.0. The van der Waals surface area contributed by atoms with Crippen LogP contribution in [0.5, 0.6) is 0 Å². The van der Waals surface area contributed by atoms with E-state index in [2.05, 4.69) is 158 Å². The molecule has 1 aliphatic rings. The molecule has 202 valence electrons. The van der Waals surface area contributed by atoms with E-state index in [1.54, 1.807) is 0 Å². The molecule has 0 nitrogen and oxygen atoms in total. The van der Waals surface area contributed by atoms with Crippen molar-refractivity contribution in [3.05, 3.63) is 158 Å². The van der Waals surface area contributed by atoms with Crippen molar-refractivity contribution in [2.24, 2.45) is 0 Å². The molecule has 0 heteroatoms. The molecule has 0 amide bonds. The van der Waals surface area contributed by atoms with Crippen molar-refractivity contribution in [2.45, 2.75) is 0 Å². The highest BCUT2D eigenvalue weighted by Crippen LogP contribution is 2.50. The van der Waals surface area contributed by atoms with Crippen LogP contribution in [0, 0.1) is 0 Å². The summed E-state index contributed by atoms with van der Waals surface area (Å²) in [6.45, 7) is 0. The summed E-state index contributed by atoms with van der Waals surface area (Å²) in [5.41, 5.74) is 12.9. The Labute approximate surface area is 255 Å². The Morgan fingerprint density at radius 1 is 0.227 bits per heavy atom. The van der Waals surface area contributed by atoms with Crippen molar-refractivity contribution in [1.82, 2.24) is 0 Å². The minimum atomic E-state index is 1.23. The molecular formula is C44H26. The van der Waals surface area contributed by atoms with Gasteiger partial charge in [-0.2, -0.15) is 0 Å². The van der Waals surface area contributed by atoms with Gasteiger partial charge in [0.15, 0.2) is 0 Å². The van der Waals surface area contributed by atoms with Gasteiger partial charge < -0.3 is 0 Å². The second-order valence-corrected chi connectivity index (χ2v) is 12.0. The molecule has 0 saturated carbocycles. The average molecular weight is 555 g/mol. The zero-order valence-electron chi connectivity index (χ0n) is 24.0. The van der Waals surface area contributed by atoms with E-state index in [0.717, 1.165) is 0 Å². The Bertz CT molecular complexity index is 2540. The number of hydrogen-bond acceptors (Lipinski definition) is 0. The minimum Gasteiger partial charge on any atom is -0.0622 e. The van der Waals surface area contributed by atoms with Gasteiger partial charge in [0.25, 0.3) is 0 Å². The quantitative estimate of drug-likeness (QED) is 0.191. The number of hydrogen-bond donors (Lipinski definition) is 0. The van der Waals surface area contributed by atoms with Gasteiger partial charge in [-0.3, -0.25) is 0 Å². The topological polar surface area (TPSA) is 0 Å². The molecule has 10 rings (SSSR count). The molecule has 0 bridgehead atoms. The molecule has 0 heterocycles. The van der Waals surface area contributed by atoms with Crippen molar-refractivity contribution < 1.29 is 0 Å². The van der Waals surface area contributed by atoms with Crippen LogP contribution in [0.1, 0.15) is 0 Å². The summed E-state index contributed by atoms with van der Waals surface area (Å²) in [5, 5.41) is 10.6. The first-order valence-corrected chi connectivity index (χ1v) is 15.4.